The Balaban J connectivity index is 1.85. The van der Waals surface area contributed by atoms with Crippen LogP contribution >= 0.6 is 0 Å². The molecule has 2 aromatic carbocycles. The molecular formula is C25H27FN2O5. The van der Waals surface area contributed by atoms with Crippen molar-refractivity contribution in [2.75, 3.05) is 7.11 Å². The van der Waals surface area contributed by atoms with Crippen LogP contribution in [0.3, 0.4) is 0 Å². The molecule has 0 unspecified atom stereocenters. The number of rotatable bonds is 6. The first-order valence-electron chi connectivity index (χ1n) is 10.5. The van der Waals surface area contributed by atoms with Crippen molar-refractivity contribution in [3.05, 3.63) is 71.7 Å². The Morgan fingerprint density at radius 2 is 1.73 bits per heavy atom. The van der Waals surface area contributed by atoms with E-state index < -0.39 is 35.4 Å². The smallest absolute Gasteiger partial charge is 0.419 e. The van der Waals surface area contributed by atoms with Gasteiger partial charge in [0.05, 0.1) is 19.0 Å². The van der Waals surface area contributed by atoms with Crippen molar-refractivity contribution in [1.82, 2.24) is 9.88 Å². The number of para-hydroxylation sites is 1. The van der Waals surface area contributed by atoms with E-state index in [1.54, 1.807) is 39.1 Å². The fraction of sp³-hybridized carbons (Fsp3) is 0.320. The van der Waals surface area contributed by atoms with Crippen LogP contribution in [0.5, 0.6) is 0 Å². The normalized spacial score (nSPS) is 12.3. The molecule has 3 aromatic rings. The minimum absolute atomic E-state index is 0.0204. The number of carbonyl (C=O) groups is 3. The zero-order valence-electron chi connectivity index (χ0n) is 19.1. The van der Waals surface area contributed by atoms with Crippen LogP contribution < -0.4 is 5.32 Å². The number of aromatic nitrogens is 1. The zero-order valence-corrected chi connectivity index (χ0v) is 19.1. The van der Waals surface area contributed by atoms with Gasteiger partial charge in [0, 0.05) is 18.0 Å². The molecule has 0 radical (unpaired) electrons. The molecule has 7 nitrogen and oxygen atoms in total. The van der Waals surface area contributed by atoms with E-state index in [1.165, 1.54) is 35.9 Å². The Morgan fingerprint density at radius 3 is 2.36 bits per heavy atom. The highest BCUT2D eigenvalue weighted by Gasteiger charge is 2.26. The average molecular weight is 454 g/mol. The minimum Gasteiger partial charge on any atom is -0.467 e. The van der Waals surface area contributed by atoms with Gasteiger partial charge >= 0.3 is 12.1 Å². The van der Waals surface area contributed by atoms with Crippen LogP contribution in [0, 0.1) is 5.82 Å². The third-order valence-electron chi connectivity index (χ3n) is 4.91. The number of hydrogen-bond donors (Lipinski definition) is 1. The van der Waals surface area contributed by atoms with Crippen LogP contribution in [0.4, 0.5) is 9.18 Å². The summed E-state index contributed by atoms with van der Waals surface area (Å²) in [6.07, 6.45) is 1.16. The fourth-order valence-corrected chi connectivity index (χ4v) is 3.46. The van der Waals surface area contributed by atoms with Crippen LogP contribution in [0.15, 0.2) is 54.7 Å². The number of carbonyl (C=O) groups excluding carboxylic acids is 3. The van der Waals surface area contributed by atoms with Crippen molar-refractivity contribution in [2.45, 2.75) is 45.3 Å². The van der Waals surface area contributed by atoms with Gasteiger partial charge < -0.3 is 14.8 Å². The molecule has 8 heteroatoms. The predicted octanol–water partition coefficient (Wildman–Crippen LogP) is 4.01. The quantitative estimate of drug-likeness (QED) is 0.569. The van der Waals surface area contributed by atoms with E-state index >= 15 is 0 Å². The van der Waals surface area contributed by atoms with Gasteiger partial charge in [-0.1, -0.05) is 30.3 Å². The van der Waals surface area contributed by atoms with E-state index in [-0.39, 0.29) is 12.8 Å². The van der Waals surface area contributed by atoms with Gasteiger partial charge in [-0.25, -0.2) is 14.0 Å². The molecule has 1 heterocycles. The number of esters is 1. The Bertz CT molecular complexity index is 1160. The molecule has 3 rings (SSSR count). The van der Waals surface area contributed by atoms with E-state index in [0.717, 1.165) is 5.39 Å². The fourth-order valence-electron chi connectivity index (χ4n) is 3.46. The lowest BCUT2D eigenvalue weighted by Gasteiger charge is -2.19. The highest BCUT2D eigenvalue weighted by Crippen LogP contribution is 2.24. The Kier molecular flexibility index (Phi) is 7.16. The lowest BCUT2D eigenvalue weighted by molar-refractivity contribution is -0.145. The third-order valence-corrected chi connectivity index (χ3v) is 4.91. The Morgan fingerprint density at radius 1 is 1.06 bits per heavy atom. The first-order valence-corrected chi connectivity index (χ1v) is 10.5. The van der Waals surface area contributed by atoms with Crippen molar-refractivity contribution >= 4 is 28.9 Å². The second kappa shape index (κ2) is 9.85. The van der Waals surface area contributed by atoms with Crippen molar-refractivity contribution < 1.29 is 28.2 Å². The van der Waals surface area contributed by atoms with Crippen molar-refractivity contribution in [3.8, 4) is 0 Å². The van der Waals surface area contributed by atoms with Crippen molar-refractivity contribution in [3.63, 3.8) is 0 Å². The number of nitrogens with zero attached hydrogens (tertiary/aromatic N) is 1. The largest absolute Gasteiger partial charge is 0.467 e. The van der Waals surface area contributed by atoms with E-state index in [9.17, 15) is 18.8 Å². The van der Waals surface area contributed by atoms with Gasteiger partial charge in [-0.15, -0.1) is 0 Å². The molecule has 0 spiro atoms. The summed E-state index contributed by atoms with van der Waals surface area (Å²) in [6, 6.07) is 11.8. The van der Waals surface area contributed by atoms with Gasteiger partial charge in [-0.05, 0) is 50.1 Å². The molecule has 33 heavy (non-hydrogen) atoms. The highest BCUT2D eigenvalue weighted by molar-refractivity contribution is 5.93. The van der Waals surface area contributed by atoms with Gasteiger partial charge in [0.2, 0.25) is 5.91 Å². The maximum absolute atomic E-state index is 13.1. The maximum atomic E-state index is 13.1. The standard InChI is InChI=1S/C25H27FN2O5/c1-25(2,3)33-24(31)28-15-17(19-7-5-6-8-21(19)28)14-20(23(30)32-4)27-22(29)13-16-9-11-18(26)12-10-16/h5-12,15,20H,13-14H2,1-4H3,(H,27,29)/t20-/m0/s1. The summed E-state index contributed by atoms with van der Waals surface area (Å²) in [5.41, 5.74) is 1.24. The summed E-state index contributed by atoms with van der Waals surface area (Å²) >= 11 is 0. The number of halogens is 1. The summed E-state index contributed by atoms with van der Waals surface area (Å²) in [6.45, 7) is 5.34. The number of benzene rings is 2. The van der Waals surface area contributed by atoms with Crippen molar-refractivity contribution in [1.29, 1.82) is 0 Å². The molecule has 174 valence electrons. The van der Waals surface area contributed by atoms with Crippen LogP contribution in [-0.2, 0) is 31.9 Å². The lowest BCUT2D eigenvalue weighted by Crippen LogP contribution is -2.43. The number of methoxy groups -OCH3 is 1. The minimum atomic E-state index is -0.971. The van der Waals surface area contributed by atoms with Gasteiger partial charge in [0.15, 0.2) is 0 Å². The molecule has 0 saturated carbocycles. The van der Waals surface area contributed by atoms with E-state index in [4.69, 9.17) is 9.47 Å². The van der Waals surface area contributed by atoms with E-state index in [1.807, 2.05) is 12.1 Å². The summed E-state index contributed by atoms with van der Waals surface area (Å²) < 4.78 is 24.9. The van der Waals surface area contributed by atoms with Crippen molar-refractivity contribution in [2.24, 2.45) is 0 Å². The molecule has 1 N–H and O–H groups in total. The lowest BCUT2D eigenvalue weighted by atomic mass is 10.0. The van der Waals surface area contributed by atoms with Gasteiger partial charge in [0.1, 0.15) is 17.5 Å². The number of fused-ring (bicyclic) bond motifs is 1. The third kappa shape index (κ3) is 6.19. The predicted molar refractivity (Wildman–Crippen MR) is 121 cm³/mol. The number of nitrogens with one attached hydrogen (secondary N) is 1. The molecule has 0 aliphatic heterocycles. The van der Waals surface area contributed by atoms with Crippen LogP contribution in [0.2, 0.25) is 0 Å². The maximum Gasteiger partial charge on any atom is 0.419 e. The highest BCUT2D eigenvalue weighted by atomic mass is 19.1. The summed E-state index contributed by atoms with van der Waals surface area (Å²) in [5.74, 6) is -1.42. The molecule has 0 aliphatic rings. The molecule has 0 aliphatic carbocycles. The topological polar surface area (TPSA) is 86.6 Å². The Labute approximate surface area is 191 Å². The van der Waals surface area contributed by atoms with Gasteiger partial charge in [-0.3, -0.25) is 9.36 Å². The van der Waals surface area contributed by atoms with Gasteiger partial charge in [-0.2, -0.15) is 0 Å². The number of hydrogen-bond acceptors (Lipinski definition) is 5. The SMILES string of the molecule is COC(=O)[C@H](Cc1cn(C(=O)OC(C)(C)C)c2ccccc12)NC(=O)Cc1ccc(F)cc1. The van der Waals surface area contributed by atoms with E-state index in [2.05, 4.69) is 5.32 Å². The molecule has 1 amide bonds. The summed E-state index contributed by atoms with van der Waals surface area (Å²) in [5, 5.41) is 3.44. The summed E-state index contributed by atoms with van der Waals surface area (Å²) in [7, 11) is 1.24. The van der Waals surface area contributed by atoms with Gasteiger partial charge in [0.25, 0.3) is 0 Å². The average Bonchev–Trinajstić information content (AvgIpc) is 3.12. The molecule has 0 bridgehead atoms. The van der Waals surface area contributed by atoms with Crippen LogP contribution in [0.25, 0.3) is 10.9 Å². The molecule has 0 fully saturated rings. The molecular weight excluding hydrogens is 427 g/mol. The Hall–Kier alpha value is -3.68. The number of amides is 1. The van der Waals surface area contributed by atoms with Crippen LogP contribution in [0.1, 0.15) is 31.9 Å². The molecule has 0 saturated heterocycles. The number of ether oxygens (including phenoxy) is 2. The second-order valence-electron chi connectivity index (χ2n) is 8.67. The summed E-state index contributed by atoms with van der Waals surface area (Å²) in [4.78, 5) is 37.7. The monoisotopic (exact) mass is 454 g/mol. The second-order valence-corrected chi connectivity index (χ2v) is 8.67. The first-order chi connectivity index (χ1) is 15.6. The molecule has 1 atom stereocenters. The van der Waals surface area contributed by atoms with Crippen LogP contribution in [-0.4, -0.2) is 41.3 Å². The first kappa shape index (κ1) is 24.0. The molecule has 1 aromatic heterocycles. The van der Waals surface area contributed by atoms with E-state index in [0.29, 0.717) is 16.6 Å². The zero-order chi connectivity index (χ0) is 24.2.